The maximum Gasteiger partial charge on any atom is 0.326 e. The highest BCUT2D eigenvalue weighted by atomic mass is 16.5. The molecule has 8 nitrogen and oxygen atoms in total. The first kappa shape index (κ1) is 17.8. The Morgan fingerprint density at radius 2 is 2.15 bits per heavy atom. The number of hydrogen-bond acceptors (Lipinski definition) is 5. The SMILES string of the molecule is CCCCOc1cccc2c1CC[C@H]2NC(=O)c1[nH]c(=O)[nH]c(=O)c1N. The van der Waals surface area contributed by atoms with E-state index in [-0.39, 0.29) is 17.4 Å². The number of nitrogens with one attached hydrogen (secondary N) is 3. The van der Waals surface area contributed by atoms with E-state index in [9.17, 15) is 14.4 Å². The summed E-state index contributed by atoms with van der Waals surface area (Å²) in [6.45, 7) is 2.77. The number of anilines is 1. The van der Waals surface area contributed by atoms with Crippen LogP contribution in [0.15, 0.2) is 27.8 Å². The lowest BCUT2D eigenvalue weighted by Gasteiger charge is -2.15. The van der Waals surface area contributed by atoms with Gasteiger partial charge < -0.3 is 20.8 Å². The van der Waals surface area contributed by atoms with E-state index in [4.69, 9.17) is 10.5 Å². The van der Waals surface area contributed by atoms with Gasteiger partial charge in [0, 0.05) is 0 Å². The highest BCUT2D eigenvalue weighted by Crippen LogP contribution is 2.37. The number of benzene rings is 1. The molecule has 0 unspecified atom stereocenters. The van der Waals surface area contributed by atoms with E-state index in [1.165, 1.54) is 0 Å². The second-order valence-electron chi connectivity index (χ2n) is 6.29. The number of nitrogens with two attached hydrogens (primary N) is 1. The Labute approximate surface area is 149 Å². The molecule has 3 rings (SSSR count). The molecule has 1 heterocycles. The third kappa shape index (κ3) is 3.49. The van der Waals surface area contributed by atoms with E-state index < -0.39 is 17.2 Å². The number of H-pyrrole nitrogens is 2. The van der Waals surface area contributed by atoms with Crippen LogP contribution in [-0.4, -0.2) is 22.5 Å². The molecule has 1 aliphatic rings. The minimum atomic E-state index is -0.780. The maximum atomic E-state index is 12.5. The van der Waals surface area contributed by atoms with Crippen LogP contribution in [0.4, 0.5) is 5.69 Å². The van der Waals surface area contributed by atoms with E-state index in [1.54, 1.807) is 0 Å². The first-order valence-corrected chi connectivity index (χ1v) is 8.68. The van der Waals surface area contributed by atoms with Crippen LogP contribution in [0.5, 0.6) is 5.75 Å². The average Bonchev–Trinajstić information content (AvgIpc) is 3.02. The molecule has 0 bridgehead atoms. The summed E-state index contributed by atoms with van der Waals surface area (Å²) in [6.07, 6.45) is 3.54. The first-order valence-electron chi connectivity index (χ1n) is 8.68. The molecule has 5 N–H and O–H groups in total. The summed E-state index contributed by atoms with van der Waals surface area (Å²) in [5, 5.41) is 2.84. The minimum absolute atomic E-state index is 0.220. The number of fused-ring (bicyclic) bond motifs is 1. The number of nitrogen functional groups attached to an aromatic ring is 1. The monoisotopic (exact) mass is 358 g/mol. The van der Waals surface area contributed by atoms with Gasteiger partial charge in [0.25, 0.3) is 11.5 Å². The summed E-state index contributed by atoms with van der Waals surface area (Å²) >= 11 is 0. The van der Waals surface area contributed by atoms with Gasteiger partial charge >= 0.3 is 5.69 Å². The predicted molar refractivity (Wildman–Crippen MR) is 97.5 cm³/mol. The van der Waals surface area contributed by atoms with Crippen molar-refractivity contribution >= 4 is 11.6 Å². The molecule has 0 saturated heterocycles. The van der Waals surface area contributed by atoms with E-state index in [0.29, 0.717) is 13.0 Å². The first-order chi connectivity index (χ1) is 12.5. The number of hydrogen-bond donors (Lipinski definition) is 4. The van der Waals surface area contributed by atoms with Gasteiger partial charge in [-0.05, 0) is 36.5 Å². The Hall–Kier alpha value is -3.03. The van der Waals surface area contributed by atoms with Crippen molar-refractivity contribution in [2.24, 2.45) is 0 Å². The van der Waals surface area contributed by atoms with Crippen molar-refractivity contribution < 1.29 is 9.53 Å². The Kier molecular flexibility index (Phi) is 5.11. The zero-order valence-corrected chi connectivity index (χ0v) is 14.6. The van der Waals surface area contributed by atoms with Crippen LogP contribution in [0.1, 0.15) is 53.8 Å². The van der Waals surface area contributed by atoms with Gasteiger partial charge in [0.1, 0.15) is 17.1 Å². The second kappa shape index (κ2) is 7.47. The Morgan fingerprint density at radius 3 is 2.92 bits per heavy atom. The lowest BCUT2D eigenvalue weighted by molar-refractivity contribution is 0.0932. The fraction of sp³-hybridized carbons (Fsp3) is 0.389. The molecule has 1 atom stereocenters. The summed E-state index contributed by atoms with van der Waals surface area (Å²) in [4.78, 5) is 39.7. The highest BCUT2D eigenvalue weighted by Gasteiger charge is 2.28. The van der Waals surface area contributed by atoms with Crippen molar-refractivity contribution in [3.63, 3.8) is 0 Å². The van der Waals surface area contributed by atoms with Crippen LogP contribution in [-0.2, 0) is 6.42 Å². The van der Waals surface area contributed by atoms with Gasteiger partial charge in [-0.25, -0.2) is 4.79 Å². The fourth-order valence-electron chi connectivity index (χ4n) is 3.14. The molecule has 8 heteroatoms. The number of aromatic amines is 2. The lowest BCUT2D eigenvalue weighted by Crippen LogP contribution is -2.34. The molecule has 0 fully saturated rings. The van der Waals surface area contributed by atoms with Crippen molar-refractivity contribution in [2.75, 3.05) is 12.3 Å². The molecule has 1 aromatic heterocycles. The maximum absolute atomic E-state index is 12.5. The zero-order valence-electron chi connectivity index (χ0n) is 14.6. The van der Waals surface area contributed by atoms with Crippen LogP contribution in [0, 0.1) is 0 Å². The van der Waals surface area contributed by atoms with Gasteiger partial charge in [-0.2, -0.15) is 0 Å². The third-order valence-corrected chi connectivity index (χ3v) is 4.50. The topological polar surface area (TPSA) is 130 Å². The molecule has 0 radical (unpaired) electrons. The van der Waals surface area contributed by atoms with Gasteiger partial charge in [0.15, 0.2) is 0 Å². The molecular weight excluding hydrogens is 336 g/mol. The summed E-state index contributed by atoms with van der Waals surface area (Å²) in [6, 6.07) is 5.55. The number of aromatic nitrogens is 2. The van der Waals surface area contributed by atoms with E-state index in [1.807, 2.05) is 23.2 Å². The molecular formula is C18H22N4O4. The molecule has 26 heavy (non-hydrogen) atoms. The van der Waals surface area contributed by atoms with Crippen molar-refractivity contribution in [3.8, 4) is 5.75 Å². The predicted octanol–water partition coefficient (Wildman–Crippen LogP) is 1.24. The van der Waals surface area contributed by atoms with Crippen molar-refractivity contribution in [1.29, 1.82) is 0 Å². The van der Waals surface area contributed by atoms with Gasteiger partial charge in [0.2, 0.25) is 0 Å². The number of amides is 1. The van der Waals surface area contributed by atoms with E-state index in [0.717, 1.165) is 36.1 Å². The number of carbonyl (C=O) groups excluding carboxylic acids is 1. The van der Waals surface area contributed by atoms with Crippen LogP contribution in [0.2, 0.25) is 0 Å². The van der Waals surface area contributed by atoms with Crippen molar-refractivity contribution in [2.45, 2.75) is 38.6 Å². The molecule has 0 spiro atoms. The summed E-state index contributed by atoms with van der Waals surface area (Å²) in [7, 11) is 0. The Morgan fingerprint density at radius 1 is 1.35 bits per heavy atom. The smallest absolute Gasteiger partial charge is 0.326 e. The third-order valence-electron chi connectivity index (χ3n) is 4.50. The van der Waals surface area contributed by atoms with Crippen LogP contribution in [0.3, 0.4) is 0 Å². The quantitative estimate of drug-likeness (QED) is 0.577. The molecule has 1 amide bonds. The molecule has 0 saturated carbocycles. The molecule has 1 aromatic carbocycles. The van der Waals surface area contributed by atoms with E-state index in [2.05, 4.69) is 17.2 Å². The Bertz CT molecular complexity index is 932. The zero-order chi connectivity index (χ0) is 18.7. The minimum Gasteiger partial charge on any atom is -0.493 e. The van der Waals surface area contributed by atoms with Gasteiger partial charge in [-0.3, -0.25) is 14.6 Å². The van der Waals surface area contributed by atoms with Gasteiger partial charge in [0.05, 0.1) is 12.6 Å². The van der Waals surface area contributed by atoms with Crippen molar-refractivity contribution in [3.05, 3.63) is 55.9 Å². The van der Waals surface area contributed by atoms with Crippen LogP contribution >= 0.6 is 0 Å². The number of unbranched alkanes of at least 4 members (excludes halogenated alkanes) is 1. The standard InChI is InChI=1S/C18H22N4O4/c1-2-3-9-26-13-6-4-5-10-11(13)7-8-12(10)20-17(24)15-14(19)16(23)22-18(25)21-15/h4-6,12H,2-3,7-9,19H2,1H3,(H,20,24)(H2,21,22,23,25)/t12-/m1/s1. The molecule has 1 aliphatic carbocycles. The second-order valence-corrected chi connectivity index (χ2v) is 6.29. The van der Waals surface area contributed by atoms with Gasteiger partial charge in [-0.1, -0.05) is 25.5 Å². The number of carbonyl (C=O) groups is 1. The summed E-state index contributed by atoms with van der Waals surface area (Å²) in [5.41, 5.74) is 5.61. The highest BCUT2D eigenvalue weighted by molar-refractivity contribution is 5.97. The molecule has 0 aliphatic heterocycles. The lowest BCUT2D eigenvalue weighted by atomic mass is 10.1. The van der Waals surface area contributed by atoms with Crippen LogP contribution in [0.25, 0.3) is 0 Å². The van der Waals surface area contributed by atoms with Gasteiger partial charge in [-0.15, -0.1) is 0 Å². The summed E-state index contributed by atoms with van der Waals surface area (Å²) < 4.78 is 5.85. The largest absolute Gasteiger partial charge is 0.493 e. The molecule has 138 valence electrons. The number of rotatable bonds is 6. The van der Waals surface area contributed by atoms with Crippen LogP contribution < -0.4 is 27.0 Å². The normalized spacial score (nSPS) is 15.5. The fourth-order valence-corrected chi connectivity index (χ4v) is 3.14. The average molecular weight is 358 g/mol. The number of ether oxygens (including phenoxy) is 1. The summed E-state index contributed by atoms with van der Waals surface area (Å²) in [5.74, 6) is 0.262. The Balaban J connectivity index is 1.80. The van der Waals surface area contributed by atoms with Crippen molar-refractivity contribution in [1.82, 2.24) is 15.3 Å². The molecule has 2 aromatic rings. The van der Waals surface area contributed by atoms with E-state index >= 15 is 0 Å².